The molecule has 0 saturated heterocycles. The molecule has 1 aromatic rings. The summed E-state index contributed by atoms with van der Waals surface area (Å²) in [5.41, 5.74) is 0.934. The third kappa shape index (κ3) is 7.08. The molecule has 1 N–H and O–H groups in total. The summed E-state index contributed by atoms with van der Waals surface area (Å²) >= 11 is 0. The zero-order chi connectivity index (χ0) is 18.8. The molecule has 0 aromatic carbocycles. The lowest BCUT2D eigenvalue weighted by molar-refractivity contribution is -0.131. The van der Waals surface area contributed by atoms with Gasteiger partial charge in [0.05, 0.1) is 12.7 Å². The van der Waals surface area contributed by atoms with E-state index in [0.717, 1.165) is 18.1 Å². The van der Waals surface area contributed by atoms with Crippen LogP contribution in [0.2, 0.25) is 0 Å². The molecule has 5 heteroatoms. The first-order valence-corrected chi connectivity index (χ1v) is 7.95. The second-order valence-corrected chi connectivity index (χ2v) is 5.66. The lowest BCUT2D eigenvalue weighted by atomic mass is 10.0. The molecule has 25 heavy (non-hydrogen) atoms. The summed E-state index contributed by atoms with van der Waals surface area (Å²) in [6.45, 7) is 5.62. The summed E-state index contributed by atoms with van der Waals surface area (Å²) in [7, 11) is 1.52. The van der Waals surface area contributed by atoms with Gasteiger partial charge in [-0.05, 0) is 31.8 Å². The van der Waals surface area contributed by atoms with Crippen LogP contribution in [0.25, 0.3) is 5.57 Å². The molecule has 1 rings (SSSR count). The summed E-state index contributed by atoms with van der Waals surface area (Å²) in [5.74, 6) is 0.298. The fraction of sp³-hybridized carbons (Fsp3) is 0.300. The van der Waals surface area contributed by atoms with E-state index in [1.54, 1.807) is 25.1 Å². The van der Waals surface area contributed by atoms with Gasteiger partial charge in [0.2, 0.25) is 0 Å². The van der Waals surface area contributed by atoms with Crippen molar-refractivity contribution in [1.29, 1.82) is 0 Å². The Kier molecular flexibility index (Phi) is 8.19. The van der Waals surface area contributed by atoms with Crippen molar-refractivity contribution in [2.45, 2.75) is 27.2 Å². The average Bonchev–Trinajstić information content (AvgIpc) is 2.55. The van der Waals surface area contributed by atoms with E-state index >= 15 is 0 Å². The van der Waals surface area contributed by atoms with Crippen molar-refractivity contribution in [2.75, 3.05) is 7.11 Å². The van der Waals surface area contributed by atoms with Gasteiger partial charge in [0.15, 0.2) is 0 Å². The predicted octanol–water partition coefficient (Wildman–Crippen LogP) is 4.14. The van der Waals surface area contributed by atoms with Crippen LogP contribution in [0.5, 0.6) is 5.75 Å². The van der Waals surface area contributed by atoms with E-state index < -0.39 is 11.6 Å². The van der Waals surface area contributed by atoms with Crippen LogP contribution in [0.4, 0.5) is 0 Å². The number of allylic oxidation sites excluding steroid dienone is 7. The van der Waals surface area contributed by atoms with E-state index in [4.69, 9.17) is 14.3 Å². The molecule has 0 unspecified atom stereocenters. The molecule has 0 amide bonds. The van der Waals surface area contributed by atoms with Crippen LogP contribution in [0.3, 0.4) is 0 Å². The lowest BCUT2D eigenvalue weighted by Gasteiger charge is -2.08. The molecule has 5 nitrogen and oxygen atoms in total. The third-order valence-corrected chi connectivity index (χ3v) is 3.50. The summed E-state index contributed by atoms with van der Waals surface area (Å²) in [4.78, 5) is 22.1. The van der Waals surface area contributed by atoms with Crippen molar-refractivity contribution in [2.24, 2.45) is 5.92 Å². The van der Waals surface area contributed by atoms with Gasteiger partial charge in [-0.15, -0.1) is 0 Å². The summed E-state index contributed by atoms with van der Waals surface area (Å²) in [5, 5.41) is 8.45. The van der Waals surface area contributed by atoms with Crippen LogP contribution < -0.4 is 10.4 Å². The summed E-state index contributed by atoms with van der Waals surface area (Å²) in [6.07, 6.45) is 12.7. The standard InChI is InChI=1S/C20H24O5/c1-14(10-8-6-5-7-9-11-19(21)22)12-15(2)17-13-18(24-4)16(3)20(23)25-17/h5-9,11-14H,10H2,1-4H3,(H,21,22)/b7-5+,8-6+,11-9+,15-12+/t14-/m0/s1. The van der Waals surface area contributed by atoms with Crippen LogP contribution in [0, 0.1) is 12.8 Å². The normalized spacial score (nSPS) is 13.8. The number of carboxylic acid groups (broad SMARTS) is 1. The van der Waals surface area contributed by atoms with E-state index in [9.17, 15) is 9.59 Å². The molecular weight excluding hydrogens is 320 g/mol. The maximum Gasteiger partial charge on any atom is 0.342 e. The number of aliphatic carboxylic acids is 1. The Balaban J connectivity index is 2.71. The van der Waals surface area contributed by atoms with Crippen molar-refractivity contribution in [3.8, 4) is 5.75 Å². The smallest absolute Gasteiger partial charge is 0.342 e. The van der Waals surface area contributed by atoms with Gasteiger partial charge in [-0.1, -0.05) is 43.4 Å². The van der Waals surface area contributed by atoms with Gasteiger partial charge < -0.3 is 14.3 Å². The predicted molar refractivity (Wildman–Crippen MR) is 98.8 cm³/mol. The SMILES string of the molecule is COc1cc(/C(C)=C/[C@@H](C)C/C=C/C=C/C=C/C(=O)O)oc(=O)c1C. The Labute approximate surface area is 147 Å². The maximum atomic E-state index is 11.8. The van der Waals surface area contributed by atoms with Crippen LogP contribution in [0.15, 0.2) is 57.8 Å². The molecule has 0 saturated carbocycles. The molecule has 0 aliphatic heterocycles. The molecule has 1 aromatic heterocycles. The van der Waals surface area contributed by atoms with Gasteiger partial charge in [0.25, 0.3) is 0 Å². The largest absolute Gasteiger partial charge is 0.496 e. The highest BCUT2D eigenvalue weighted by molar-refractivity contribution is 5.80. The van der Waals surface area contributed by atoms with Gasteiger partial charge in [0.1, 0.15) is 11.5 Å². The van der Waals surface area contributed by atoms with E-state index in [0.29, 0.717) is 17.1 Å². The molecule has 134 valence electrons. The van der Waals surface area contributed by atoms with Crippen molar-refractivity contribution in [1.82, 2.24) is 0 Å². The van der Waals surface area contributed by atoms with E-state index in [-0.39, 0.29) is 5.92 Å². The number of hydrogen-bond acceptors (Lipinski definition) is 4. The van der Waals surface area contributed by atoms with Crippen LogP contribution >= 0.6 is 0 Å². The topological polar surface area (TPSA) is 76.7 Å². The molecular formula is C20H24O5. The second-order valence-electron chi connectivity index (χ2n) is 5.66. The van der Waals surface area contributed by atoms with Crippen LogP contribution in [-0.4, -0.2) is 18.2 Å². The number of rotatable bonds is 8. The van der Waals surface area contributed by atoms with Crippen molar-refractivity contribution in [3.63, 3.8) is 0 Å². The molecule has 1 atom stereocenters. The van der Waals surface area contributed by atoms with Gasteiger partial charge in [-0.2, -0.15) is 0 Å². The lowest BCUT2D eigenvalue weighted by Crippen LogP contribution is -2.07. The first-order chi connectivity index (χ1) is 11.8. The minimum Gasteiger partial charge on any atom is -0.496 e. The molecule has 0 aliphatic rings. The highest BCUT2D eigenvalue weighted by Crippen LogP contribution is 2.22. The molecule has 0 radical (unpaired) electrons. The molecule has 0 aliphatic carbocycles. The highest BCUT2D eigenvalue weighted by Gasteiger charge is 2.10. The minimum atomic E-state index is -0.970. The quantitative estimate of drug-likeness (QED) is 0.566. The molecule has 1 heterocycles. The van der Waals surface area contributed by atoms with E-state index in [2.05, 4.69) is 6.92 Å². The fourth-order valence-electron chi connectivity index (χ4n) is 2.16. The monoisotopic (exact) mass is 344 g/mol. The summed E-state index contributed by atoms with van der Waals surface area (Å²) < 4.78 is 10.5. The Morgan fingerprint density at radius 2 is 2.00 bits per heavy atom. The third-order valence-electron chi connectivity index (χ3n) is 3.50. The van der Waals surface area contributed by atoms with Gasteiger partial charge in [-0.3, -0.25) is 0 Å². The van der Waals surface area contributed by atoms with Crippen molar-refractivity contribution in [3.05, 3.63) is 70.3 Å². The van der Waals surface area contributed by atoms with Crippen LogP contribution in [-0.2, 0) is 4.79 Å². The minimum absolute atomic E-state index is 0.247. The Bertz CT molecular complexity index is 763. The van der Waals surface area contributed by atoms with Gasteiger partial charge in [0, 0.05) is 12.1 Å². The van der Waals surface area contributed by atoms with Crippen molar-refractivity contribution < 1.29 is 19.1 Å². The van der Waals surface area contributed by atoms with E-state index in [1.165, 1.54) is 13.2 Å². The number of hydrogen-bond donors (Lipinski definition) is 1. The Morgan fingerprint density at radius 1 is 1.32 bits per heavy atom. The zero-order valence-electron chi connectivity index (χ0n) is 15.0. The van der Waals surface area contributed by atoms with Crippen LogP contribution in [0.1, 0.15) is 31.6 Å². The van der Waals surface area contributed by atoms with Gasteiger partial charge >= 0.3 is 11.6 Å². The highest BCUT2D eigenvalue weighted by atomic mass is 16.5. The number of ether oxygens (including phenoxy) is 1. The van der Waals surface area contributed by atoms with Crippen molar-refractivity contribution >= 4 is 11.5 Å². The number of methoxy groups -OCH3 is 1. The molecule has 0 spiro atoms. The maximum absolute atomic E-state index is 11.8. The zero-order valence-corrected chi connectivity index (χ0v) is 15.0. The van der Waals surface area contributed by atoms with E-state index in [1.807, 2.05) is 25.2 Å². The Morgan fingerprint density at radius 3 is 2.64 bits per heavy atom. The number of carboxylic acids is 1. The molecule has 0 bridgehead atoms. The second kappa shape index (κ2) is 10.1. The average molecular weight is 344 g/mol. The number of carbonyl (C=O) groups is 1. The first-order valence-electron chi connectivity index (χ1n) is 7.95. The summed E-state index contributed by atoms with van der Waals surface area (Å²) in [6, 6.07) is 1.72. The fourth-order valence-corrected chi connectivity index (χ4v) is 2.16. The Hall–Kier alpha value is -2.82. The first kappa shape index (κ1) is 20.2. The molecule has 0 fully saturated rings. The van der Waals surface area contributed by atoms with Gasteiger partial charge in [-0.25, -0.2) is 9.59 Å².